The van der Waals surface area contributed by atoms with Gasteiger partial charge in [-0.15, -0.1) is 0 Å². The van der Waals surface area contributed by atoms with Crippen LogP contribution in [0.2, 0.25) is 0 Å². The highest BCUT2D eigenvalue weighted by Crippen LogP contribution is 2.31. The van der Waals surface area contributed by atoms with Crippen molar-refractivity contribution in [3.8, 4) is 0 Å². The Hall–Kier alpha value is -2.30. The summed E-state index contributed by atoms with van der Waals surface area (Å²) in [5.74, 6) is 0. The highest BCUT2D eigenvalue weighted by molar-refractivity contribution is 5.86. The fourth-order valence-electron chi connectivity index (χ4n) is 3.97. The van der Waals surface area contributed by atoms with Crippen molar-refractivity contribution in [2.75, 3.05) is 25.5 Å². The summed E-state index contributed by atoms with van der Waals surface area (Å²) >= 11 is 0. The molecule has 0 amide bonds. The van der Waals surface area contributed by atoms with Crippen LogP contribution in [-0.2, 0) is 19.5 Å². The van der Waals surface area contributed by atoms with Gasteiger partial charge in [0.2, 0.25) is 0 Å². The maximum Gasteiger partial charge on any atom is 0.0891 e. The third-order valence-electron chi connectivity index (χ3n) is 5.31. The zero-order valence-corrected chi connectivity index (χ0v) is 15.6. The molecule has 4 nitrogen and oxygen atoms in total. The summed E-state index contributed by atoms with van der Waals surface area (Å²) in [6.45, 7) is 5.37. The average Bonchev–Trinajstić information content (AvgIpc) is 2.93. The van der Waals surface area contributed by atoms with Gasteiger partial charge >= 0.3 is 0 Å². The van der Waals surface area contributed by atoms with Crippen molar-refractivity contribution >= 4 is 16.6 Å². The number of nitrogens with zero attached hydrogens (tertiary/aromatic N) is 2. The number of fused-ring (bicyclic) bond motifs is 3. The van der Waals surface area contributed by atoms with Gasteiger partial charge in [0.05, 0.1) is 12.6 Å². The molecule has 136 valence electrons. The monoisotopic (exact) mass is 349 g/mol. The Balaban J connectivity index is 1.59. The van der Waals surface area contributed by atoms with Gasteiger partial charge in [0, 0.05) is 48.3 Å². The first kappa shape index (κ1) is 17.1. The summed E-state index contributed by atoms with van der Waals surface area (Å²) in [5.41, 5.74) is 6.40. The molecule has 1 aromatic heterocycles. The van der Waals surface area contributed by atoms with Crippen molar-refractivity contribution in [2.45, 2.75) is 32.5 Å². The van der Waals surface area contributed by atoms with Crippen LogP contribution in [0.25, 0.3) is 10.9 Å². The Bertz CT molecular complexity index is 901. The quantitative estimate of drug-likeness (QED) is 0.742. The van der Waals surface area contributed by atoms with E-state index in [4.69, 9.17) is 0 Å². The van der Waals surface area contributed by atoms with Crippen molar-refractivity contribution < 1.29 is 5.11 Å². The van der Waals surface area contributed by atoms with Crippen molar-refractivity contribution in [1.29, 1.82) is 0 Å². The molecule has 1 unspecified atom stereocenters. The SMILES string of the molecule is Cc1ccc2c(c1)c1c(n2CC(O)CNc2ccccc2)CCN(C)C1. The third-order valence-corrected chi connectivity index (χ3v) is 5.31. The molecule has 0 spiro atoms. The van der Waals surface area contributed by atoms with Crippen LogP contribution in [0, 0.1) is 6.92 Å². The molecule has 0 bridgehead atoms. The summed E-state index contributed by atoms with van der Waals surface area (Å²) in [5, 5.41) is 15.3. The van der Waals surface area contributed by atoms with Crippen LogP contribution in [0.1, 0.15) is 16.8 Å². The summed E-state index contributed by atoms with van der Waals surface area (Å²) in [4.78, 5) is 2.38. The lowest BCUT2D eigenvalue weighted by Crippen LogP contribution is -2.30. The molecule has 1 aliphatic rings. The molecule has 26 heavy (non-hydrogen) atoms. The van der Waals surface area contributed by atoms with Crippen LogP contribution in [0.5, 0.6) is 0 Å². The molecule has 0 saturated carbocycles. The predicted molar refractivity (Wildman–Crippen MR) is 108 cm³/mol. The van der Waals surface area contributed by atoms with E-state index in [9.17, 15) is 5.11 Å². The number of aryl methyl sites for hydroxylation is 1. The van der Waals surface area contributed by atoms with E-state index in [0.29, 0.717) is 13.1 Å². The van der Waals surface area contributed by atoms with Gasteiger partial charge in [0.15, 0.2) is 0 Å². The molecule has 2 aromatic carbocycles. The number of benzene rings is 2. The molecular weight excluding hydrogens is 322 g/mol. The number of aromatic nitrogens is 1. The maximum absolute atomic E-state index is 10.7. The Morgan fingerprint density at radius 2 is 1.96 bits per heavy atom. The zero-order chi connectivity index (χ0) is 18.1. The summed E-state index contributed by atoms with van der Waals surface area (Å²) < 4.78 is 2.34. The van der Waals surface area contributed by atoms with Gasteiger partial charge in [-0.05, 0) is 43.8 Å². The molecule has 4 rings (SSSR count). The Morgan fingerprint density at radius 1 is 1.15 bits per heavy atom. The normalized spacial score (nSPS) is 15.8. The molecule has 0 fully saturated rings. The van der Waals surface area contributed by atoms with E-state index >= 15 is 0 Å². The minimum atomic E-state index is -0.434. The van der Waals surface area contributed by atoms with Crippen molar-refractivity contribution in [1.82, 2.24) is 9.47 Å². The van der Waals surface area contributed by atoms with Crippen molar-refractivity contribution in [3.63, 3.8) is 0 Å². The second-order valence-electron chi connectivity index (χ2n) is 7.44. The first-order chi connectivity index (χ1) is 12.6. The van der Waals surface area contributed by atoms with Gasteiger partial charge in [-0.3, -0.25) is 0 Å². The number of aliphatic hydroxyl groups is 1. The van der Waals surface area contributed by atoms with Gasteiger partial charge in [-0.2, -0.15) is 0 Å². The summed E-state index contributed by atoms with van der Waals surface area (Å²) in [6, 6.07) is 16.7. The second kappa shape index (κ2) is 7.14. The van der Waals surface area contributed by atoms with Crippen molar-refractivity contribution in [2.24, 2.45) is 0 Å². The number of hydrogen-bond acceptors (Lipinski definition) is 3. The summed E-state index contributed by atoms with van der Waals surface area (Å²) in [7, 11) is 2.18. The first-order valence-electron chi connectivity index (χ1n) is 9.38. The average molecular weight is 349 g/mol. The lowest BCUT2D eigenvalue weighted by Gasteiger charge is -2.25. The lowest BCUT2D eigenvalue weighted by atomic mass is 10.0. The second-order valence-corrected chi connectivity index (χ2v) is 7.44. The van der Waals surface area contributed by atoms with E-state index in [2.05, 4.69) is 47.0 Å². The van der Waals surface area contributed by atoms with Gasteiger partial charge < -0.3 is 19.9 Å². The number of aliphatic hydroxyl groups excluding tert-OH is 1. The molecule has 0 saturated heterocycles. The lowest BCUT2D eigenvalue weighted by molar-refractivity contribution is 0.166. The largest absolute Gasteiger partial charge is 0.389 e. The van der Waals surface area contributed by atoms with Crippen LogP contribution in [0.3, 0.4) is 0 Å². The van der Waals surface area contributed by atoms with E-state index in [1.54, 1.807) is 0 Å². The Labute approximate surface area is 155 Å². The number of anilines is 1. The van der Waals surface area contributed by atoms with Gasteiger partial charge in [0.1, 0.15) is 0 Å². The number of para-hydroxylation sites is 1. The molecule has 2 heterocycles. The first-order valence-corrected chi connectivity index (χ1v) is 9.38. The van der Waals surface area contributed by atoms with Crippen LogP contribution < -0.4 is 5.32 Å². The van der Waals surface area contributed by atoms with Gasteiger partial charge in [0.25, 0.3) is 0 Å². The summed E-state index contributed by atoms with van der Waals surface area (Å²) in [6.07, 6.45) is 0.606. The highest BCUT2D eigenvalue weighted by Gasteiger charge is 2.23. The molecular formula is C22H27N3O. The molecule has 4 heteroatoms. The molecule has 1 atom stereocenters. The molecule has 0 radical (unpaired) electrons. The Kier molecular flexibility index (Phi) is 4.70. The number of likely N-dealkylation sites (N-methyl/N-ethyl adjacent to an activating group) is 1. The third kappa shape index (κ3) is 3.35. The standard InChI is InChI=1S/C22H27N3O/c1-16-8-9-21-19(12-16)20-15-24(2)11-10-22(20)25(21)14-18(26)13-23-17-6-4-3-5-7-17/h3-9,12,18,23,26H,10-11,13-15H2,1-2H3. The fraction of sp³-hybridized carbons (Fsp3) is 0.364. The maximum atomic E-state index is 10.7. The van der Waals surface area contributed by atoms with E-state index in [0.717, 1.165) is 25.2 Å². The molecule has 3 aromatic rings. The van der Waals surface area contributed by atoms with Crippen molar-refractivity contribution in [3.05, 3.63) is 65.4 Å². The van der Waals surface area contributed by atoms with Gasteiger partial charge in [-0.1, -0.05) is 29.8 Å². The van der Waals surface area contributed by atoms with Crippen LogP contribution >= 0.6 is 0 Å². The van der Waals surface area contributed by atoms with E-state index in [1.807, 2.05) is 30.3 Å². The van der Waals surface area contributed by atoms with E-state index in [1.165, 1.54) is 27.7 Å². The Morgan fingerprint density at radius 3 is 2.77 bits per heavy atom. The van der Waals surface area contributed by atoms with Crippen LogP contribution in [0.4, 0.5) is 5.69 Å². The minimum Gasteiger partial charge on any atom is -0.389 e. The van der Waals surface area contributed by atoms with Crippen LogP contribution in [-0.4, -0.2) is 40.8 Å². The smallest absolute Gasteiger partial charge is 0.0891 e. The predicted octanol–water partition coefficient (Wildman–Crippen LogP) is 3.41. The van der Waals surface area contributed by atoms with E-state index < -0.39 is 6.10 Å². The molecule has 1 aliphatic heterocycles. The fourth-order valence-corrected chi connectivity index (χ4v) is 3.97. The zero-order valence-electron chi connectivity index (χ0n) is 15.6. The number of hydrogen-bond donors (Lipinski definition) is 2. The number of nitrogens with one attached hydrogen (secondary N) is 1. The van der Waals surface area contributed by atoms with Gasteiger partial charge in [-0.25, -0.2) is 0 Å². The highest BCUT2D eigenvalue weighted by atomic mass is 16.3. The number of rotatable bonds is 5. The molecule has 2 N–H and O–H groups in total. The topological polar surface area (TPSA) is 40.4 Å². The van der Waals surface area contributed by atoms with E-state index in [-0.39, 0.29) is 0 Å². The minimum absolute atomic E-state index is 0.434. The van der Waals surface area contributed by atoms with Crippen LogP contribution in [0.15, 0.2) is 48.5 Å². The molecule has 0 aliphatic carbocycles.